The van der Waals surface area contributed by atoms with Gasteiger partial charge in [-0.1, -0.05) is 30.3 Å². The molecule has 4 rings (SSSR count). The number of aromatic nitrogens is 2. The third-order valence-electron chi connectivity index (χ3n) is 5.52. The van der Waals surface area contributed by atoms with Crippen LogP contribution >= 0.6 is 0 Å². The summed E-state index contributed by atoms with van der Waals surface area (Å²) in [6.07, 6.45) is 6.98. The average Bonchev–Trinajstić information content (AvgIpc) is 3.21. The molecule has 0 spiro atoms. The van der Waals surface area contributed by atoms with Crippen molar-refractivity contribution in [3.05, 3.63) is 72.2 Å². The molecule has 6 heteroatoms. The van der Waals surface area contributed by atoms with Crippen LogP contribution in [0.2, 0.25) is 0 Å². The van der Waals surface area contributed by atoms with Gasteiger partial charge in [0.05, 0.1) is 11.7 Å². The van der Waals surface area contributed by atoms with Gasteiger partial charge < -0.3 is 19.7 Å². The molecule has 6 nitrogen and oxygen atoms in total. The number of pyridine rings is 1. The van der Waals surface area contributed by atoms with Crippen LogP contribution in [0.1, 0.15) is 34.9 Å². The molecule has 1 atom stereocenters. The van der Waals surface area contributed by atoms with Gasteiger partial charge in [-0.2, -0.15) is 0 Å². The summed E-state index contributed by atoms with van der Waals surface area (Å²) in [5, 5.41) is 13.5. The lowest BCUT2D eigenvalue weighted by Crippen LogP contribution is -2.40. The van der Waals surface area contributed by atoms with Crippen LogP contribution in [0.15, 0.2) is 61.1 Å². The van der Waals surface area contributed by atoms with Crippen LogP contribution in [-0.2, 0) is 0 Å². The van der Waals surface area contributed by atoms with Gasteiger partial charge in [0, 0.05) is 31.7 Å². The molecule has 0 radical (unpaired) electrons. The molecule has 1 aromatic carbocycles. The third kappa shape index (κ3) is 4.40. The first kappa shape index (κ1) is 18.7. The number of aliphatic hydroxyl groups excluding tert-OH is 1. The minimum absolute atomic E-state index is 0.0440. The number of hydrogen-bond acceptors (Lipinski definition) is 4. The van der Waals surface area contributed by atoms with Gasteiger partial charge in [-0.3, -0.25) is 4.79 Å². The Morgan fingerprint density at radius 2 is 1.96 bits per heavy atom. The monoisotopic (exact) mass is 378 g/mol. The molecule has 0 aliphatic carbocycles. The van der Waals surface area contributed by atoms with E-state index in [0.29, 0.717) is 24.6 Å². The number of rotatable bonds is 6. The van der Waals surface area contributed by atoms with Crippen molar-refractivity contribution in [2.24, 2.45) is 5.92 Å². The quantitative estimate of drug-likeness (QED) is 0.692. The normalized spacial score (nSPS) is 16.9. The van der Waals surface area contributed by atoms with Crippen molar-refractivity contribution in [3.8, 4) is 0 Å². The first-order chi connectivity index (χ1) is 13.7. The van der Waals surface area contributed by atoms with E-state index in [1.54, 1.807) is 6.20 Å². The molecule has 2 aromatic heterocycles. The Labute approximate surface area is 164 Å². The lowest BCUT2D eigenvalue weighted by molar-refractivity contribution is 0.0852. The third-order valence-corrected chi connectivity index (χ3v) is 5.52. The number of hydrogen-bond donors (Lipinski definition) is 2. The maximum Gasteiger partial charge on any atom is 0.252 e. The molecule has 3 heterocycles. The number of nitrogens with one attached hydrogen (secondary N) is 1. The van der Waals surface area contributed by atoms with E-state index in [2.05, 4.69) is 15.2 Å². The highest BCUT2D eigenvalue weighted by Crippen LogP contribution is 2.20. The van der Waals surface area contributed by atoms with Crippen molar-refractivity contribution in [2.75, 3.05) is 26.2 Å². The van der Waals surface area contributed by atoms with E-state index in [9.17, 15) is 9.90 Å². The van der Waals surface area contributed by atoms with Crippen molar-refractivity contribution in [2.45, 2.75) is 18.9 Å². The highest BCUT2D eigenvalue weighted by atomic mass is 16.3. The van der Waals surface area contributed by atoms with Gasteiger partial charge in [0.15, 0.2) is 0 Å². The summed E-state index contributed by atoms with van der Waals surface area (Å²) < 4.78 is 1.85. The number of likely N-dealkylation sites (tertiary alicyclic amines) is 1. The van der Waals surface area contributed by atoms with Crippen molar-refractivity contribution in [1.29, 1.82) is 0 Å². The van der Waals surface area contributed by atoms with Crippen molar-refractivity contribution < 1.29 is 9.90 Å². The van der Waals surface area contributed by atoms with E-state index in [0.717, 1.165) is 37.1 Å². The van der Waals surface area contributed by atoms with Gasteiger partial charge in [-0.15, -0.1) is 0 Å². The average molecular weight is 378 g/mol. The second kappa shape index (κ2) is 8.54. The molecule has 1 aliphatic heterocycles. The molecule has 146 valence electrons. The topological polar surface area (TPSA) is 69.9 Å². The second-order valence-corrected chi connectivity index (χ2v) is 7.49. The van der Waals surface area contributed by atoms with Crippen LogP contribution in [0.4, 0.5) is 0 Å². The summed E-state index contributed by atoms with van der Waals surface area (Å²) in [5.74, 6) is 0.434. The molecule has 28 heavy (non-hydrogen) atoms. The molecular formula is C22H26N4O2. The zero-order valence-electron chi connectivity index (χ0n) is 15.9. The summed E-state index contributed by atoms with van der Waals surface area (Å²) in [7, 11) is 0. The fraction of sp³-hybridized carbons (Fsp3) is 0.364. The molecule has 1 aliphatic rings. The standard InChI is InChI=1S/C22H26N4O2/c27-20(18-4-2-1-3-5-18)16-25-11-8-17(9-12-25)14-24-22(28)19-6-7-21-23-10-13-26(21)15-19/h1-7,10,13,15,17,20,27H,8-9,11-12,14,16H2,(H,24,28)/t20-/m0/s1. The van der Waals surface area contributed by atoms with E-state index in [1.807, 2.05) is 59.3 Å². The molecule has 0 bridgehead atoms. The number of aliphatic hydroxyl groups is 1. The maximum atomic E-state index is 12.4. The maximum absolute atomic E-state index is 12.4. The fourth-order valence-corrected chi connectivity index (χ4v) is 3.79. The van der Waals surface area contributed by atoms with Gasteiger partial charge in [-0.25, -0.2) is 4.98 Å². The van der Waals surface area contributed by atoms with Gasteiger partial charge >= 0.3 is 0 Å². The van der Waals surface area contributed by atoms with Crippen LogP contribution in [0.25, 0.3) is 5.65 Å². The Bertz CT molecular complexity index is 916. The van der Waals surface area contributed by atoms with Crippen LogP contribution < -0.4 is 5.32 Å². The Balaban J connectivity index is 1.22. The van der Waals surface area contributed by atoms with Gasteiger partial charge in [0.1, 0.15) is 5.65 Å². The summed E-state index contributed by atoms with van der Waals surface area (Å²) >= 11 is 0. The Morgan fingerprint density at radius 1 is 1.18 bits per heavy atom. The molecule has 0 unspecified atom stereocenters. The largest absolute Gasteiger partial charge is 0.387 e. The number of imidazole rings is 1. The summed E-state index contributed by atoms with van der Waals surface area (Å²) in [6.45, 7) is 3.25. The summed E-state index contributed by atoms with van der Waals surface area (Å²) in [5.41, 5.74) is 2.45. The van der Waals surface area contributed by atoms with Crippen molar-refractivity contribution in [1.82, 2.24) is 19.6 Å². The van der Waals surface area contributed by atoms with Crippen LogP contribution in [0.3, 0.4) is 0 Å². The number of β-amino-alcohol motifs (C(OH)–C–C–N with tert-alkyl or cyclic N) is 1. The number of piperidine rings is 1. The first-order valence-electron chi connectivity index (χ1n) is 9.85. The molecule has 0 saturated carbocycles. The molecule has 3 aromatic rings. The zero-order valence-corrected chi connectivity index (χ0v) is 15.9. The summed E-state index contributed by atoms with van der Waals surface area (Å²) in [4.78, 5) is 18.9. The number of carbonyl (C=O) groups excluding carboxylic acids is 1. The lowest BCUT2D eigenvalue weighted by Gasteiger charge is -2.33. The number of nitrogens with zero attached hydrogens (tertiary/aromatic N) is 3. The van der Waals surface area contributed by atoms with E-state index in [1.165, 1.54) is 0 Å². The van der Waals surface area contributed by atoms with Gasteiger partial charge in [0.25, 0.3) is 5.91 Å². The predicted octanol–water partition coefficient (Wildman–Crippen LogP) is 2.51. The molecule has 1 fully saturated rings. The minimum Gasteiger partial charge on any atom is -0.387 e. The predicted molar refractivity (Wildman–Crippen MR) is 108 cm³/mol. The lowest BCUT2D eigenvalue weighted by atomic mass is 9.96. The Hall–Kier alpha value is -2.70. The van der Waals surface area contributed by atoms with E-state index in [-0.39, 0.29) is 5.91 Å². The van der Waals surface area contributed by atoms with E-state index < -0.39 is 6.10 Å². The zero-order chi connectivity index (χ0) is 19.3. The Kier molecular flexibility index (Phi) is 5.69. The van der Waals surface area contributed by atoms with Crippen molar-refractivity contribution >= 4 is 11.6 Å². The summed E-state index contributed by atoms with van der Waals surface area (Å²) in [6, 6.07) is 13.5. The van der Waals surface area contributed by atoms with Gasteiger partial charge in [0.2, 0.25) is 0 Å². The molecule has 1 saturated heterocycles. The number of amides is 1. The fourth-order valence-electron chi connectivity index (χ4n) is 3.79. The van der Waals surface area contributed by atoms with Crippen LogP contribution in [-0.4, -0.2) is 51.5 Å². The van der Waals surface area contributed by atoms with Crippen LogP contribution in [0, 0.1) is 5.92 Å². The first-order valence-corrected chi connectivity index (χ1v) is 9.85. The molecule has 1 amide bonds. The highest BCUT2D eigenvalue weighted by molar-refractivity contribution is 5.94. The highest BCUT2D eigenvalue weighted by Gasteiger charge is 2.22. The van der Waals surface area contributed by atoms with Gasteiger partial charge in [-0.05, 0) is 49.5 Å². The van der Waals surface area contributed by atoms with E-state index in [4.69, 9.17) is 0 Å². The number of benzene rings is 1. The number of carbonyl (C=O) groups is 1. The van der Waals surface area contributed by atoms with Crippen LogP contribution in [0.5, 0.6) is 0 Å². The Morgan fingerprint density at radius 3 is 2.75 bits per heavy atom. The second-order valence-electron chi connectivity index (χ2n) is 7.49. The molecular weight excluding hydrogens is 352 g/mol. The SMILES string of the molecule is O=C(NCC1CCN(C[C@H](O)c2ccccc2)CC1)c1ccc2nccn2c1. The van der Waals surface area contributed by atoms with Crippen molar-refractivity contribution in [3.63, 3.8) is 0 Å². The molecule has 2 N–H and O–H groups in total. The number of fused-ring (bicyclic) bond motifs is 1. The smallest absolute Gasteiger partial charge is 0.252 e. The van der Waals surface area contributed by atoms with E-state index >= 15 is 0 Å². The minimum atomic E-state index is -0.449.